The van der Waals surface area contributed by atoms with Crippen molar-refractivity contribution in [1.82, 2.24) is 0 Å². The number of benzene rings is 1. The molecule has 0 aliphatic carbocycles. The van der Waals surface area contributed by atoms with Gasteiger partial charge in [-0.2, -0.15) is 0 Å². The van der Waals surface area contributed by atoms with Crippen LogP contribution in [-0.2, 0) is 9.53 Å². The first-order chi connectivity index (χ1) is 13.0. The lowest BCUT2D eigenvalue weighted by Gasteiger charge is -2.24. The van der Waals surface area contributed by atoms with Gasteiger partial charge in [0.15, 0.2) is 17.2 Å². The number of hydrogen-bond donors (Lipinski definition) is 3. The summed E-state index contributed by atoms with van der Waals surface area (Å²) in [5.74, 6) is -2.12. The predicted molar refractivity (Wildman–Crippen MR) is 105 cm³/mol. The highest BCUT2D eigenvalue weighted by atomic mass is 32.1. The van der Waals surface area contributed by atoms with Crippen LogP contribution in [-0.4, -0.2) is 48.0 Å². The van der Waals surface area contributed by atoms with E-state index in [4.69, 9.17) is 14.6 Å². The Morgan fingerprint density at radius 3 is 2.67 bits per heavy atom. The van der Waals surface area contributed by atoms with Crippen LogP contribution in [0.4, 0.5) is 5.69 Å². The molecule has 1 fully saturated rings. The number of fused-ring (bicyclic) bond motifs is 3. The molecule has 0 amide bonds. The van der Waals surface area contributed by atoms with Crippen molar-refractivity contribution in [3.63, 3.8) is 0 Å². The van der Waals surface area contributed by atoms with Crippen molar-refractivity contribution < 1.29 is 29.3 Å². The van der Waals surface area contributed by atoms with Crippen molar-refractivity contribution in [2.24, 2.45) is 0 Å². The number of carboxylic acid groups (broad SMARTS) is 2. The van der Waals surface area contributed by atoms with Gasteiger partial charge in [-0.15, -0.1) is 22.7 Å². The molecule has 0 spiro atoms. The number of rotatable bonds is 6. The quantitative estimate of drug-likeness (QED) is 0.570. The topological polar surface area (TPSA) is 105 Å². The molecule has 3 heterocycles. The van der Waals surface area contributed by atoms with Gasteiger partial charge in [0, 0.05) is 35.0 Å². The highest BCUT2D eigenvalue weighted by Gasteiger charge is 2.24. The molecule has 0 unspecified atom stereocenters. The molecule has 0 radical (unpaired) electrons. The zero-order valence-electron chi connectivity index (χ0n) is 14.2. The Bertz CT molecular complexity index is 1020. The summed E-state index contributed by atoms with van der Waals surface area (Å²) in [6.45, 7) is 0.949. The van der Waals surface area contributed by atoms with Gasteiger partial charge in [-0.3, -0.25) is 0 Å². The minimum atomic E-state index is -1.14. The lowest BCUT2D eigenvalue weighted by atomic mass is 10.1. The van der Waals surface area contributed by atoms with Crippen LogP contribution in [0.5, 0.6) is 5.75 Å². The predicted octanol–water partition coefficient (Wildman–Crippen LogP) is 3.87. The van der Waals surface area contributed by atoms with E-state index in [9.17, 15) is 14.7 Å². The monoisotopic (exact) mass is 407 g/mol. The average Bonchev–Trinajstić information content (AvgIpc) is 3.16. The number of aliphatic carboxylic acids is 1. The van der Waals surface area contributed by atoms with E-state index in [0.29, 0.717) is 10.7 Å². The fourth-order valence-corrected chi connectivity index (χ4v) is 5.69. The number of nitrogens with one attached hydrogen (secondary N) is 1. The van der Waals surface area contributed by atoms with Crippen molar-refractivity contribution in [2.45, 2.75) is 18.9 Å². The first kappa shape index (κ1) is 18.0. The van der Waals surface area contributed by atoms with E-state index < -0.39 is 18.5 Å². The maximum atomic E-state index is 11.5. The number of carboxylic acids is 2. The summed E-state index contributed by atoms with van der Waals surface area (Å²) in [4.78, 5) is 22.4. The Morgan fingerprint density at radius 2 is 1.96 bits per heavy atom. The molecule has 9 heteroatoms. The molecule has 1 saturated heterocycles. The molecule has 4 rings (SSSR count). The van der Waals surface area contributed by atoms with Gasteiger partial charge in [0.1, 0.15) is 0 Å². The van der Waals surface area contributed by atoms with Crippen LogP contribution in [0.15, 0.2) is 18.2 Å². The molecule has 0 bridgehead atoms. The molecule has 7 nitrogen and oxygen atoms in total. The van der Waals surface area contributed by atoms with Crippen molar-refractivity contribution in [2.75, 3.05) is 25.1 Å². The lowest BCUT2D eigenvalue weighted by molar-refractivity contribution is -0.139. The molecule has 27 heavy (non-hydrogen) atoms. The van der Waals surface area contributed by atoms with Gasteiger partial charge in [-0.05, 0) is 25.0 Å². The van der Waals surface area contributed by atoms with Crippen molar-refractivity contribution in [1.29, 1.82) is 0 Å². The molecule has 1 aliphatic rings. The number of aromatic carboxylic acids is 1. The Kier molecular flexibility index (Phi) is 4.90. The Labute approximate surface area is 162 Å². The van der Waals surface area contributed by atoms with Crippen LogP contribution in [0.1, 0.15) is 22.5 Å². The van der Waals surface area contributed by atoms with Crippen LogP contribution in [0, 0.1) is 0 Å². The summed E-state index contributed by atoms with van der Waals surface area (Å²) < 4.78 is 13.2. The number of carbonyl (C=O) groups is 2. The number of ether oxygens (including phenoxy) is 2. The van der Waals surface area contributed by atoms with E-state index in [2.05, 4.69) is 5.32 Å². The van der Waals surface area contributed by atoms with Crippen LogP contribution in [0.3, 0.4) is 0 Å². The Balaban J connectivity index is 1.71. The number of thiophene rings is 2. The summed E-state index contributed by atoms with van der Waals surface area (Å²) in [6.07, 6.45) is 1.93. The molecule has 1 aromatic carbocycles. The maximum absolute atomic E-state index is 11.5. The lowest BCUT2D eigenvalue weighted by Crippen LogP contribution is -2.27. The van der Waals surface area contributed by atoms with E-state index in [1.807, 2.05) is 18.2 Å². The maximum Gasteiger partial charge on any atom is 0.349 e. The molecule has 0 saturated carbocycles. The number of hydrogen-bond acceptors (Lipinski definition) is 7. The van der Waals surface area contributed by atoms with Crippen molar-refractivity contribution in [3.05, 3.63) is 23.1 Å². The summed E-state index contributed by atoms with van der Waals surface area (Å²) in [5, 5.41) is 22.7. The van der Waals surface area contributed by atoms with Gasteiger partial charge in [0.05, 0.1) is 9.40 Å². The zero-order valence-corrected chi connectivity index (χ0v) is 15.8. The largest absolute Gasteiger partial charge is 0.479 e. The van der Waals surface area contributed by atoms with Gasteiger partial charge >= 0.3 is 11.9 Å². The normalized spacial score (nSPS) is 15.3. The second kappa shape index (κ2) is 7.34. The second-order valence-corrected chi connectivity index (χ2v) is 8.32. The van der Waals surface area contributed by atoms with Crippen LogP contribution in [0.2, 0.25) is 0 Å². The van der Waals surface area contributed by atoms with Gasteiger partial charge in [-0.1, -0.05) is 6.07 Å². The van der Waals surface area contributed by atoms with Crippen molar-refractivity contribution in [3.8, 4) is 5.75 Å². The minimum Gasteiger partial charge on any atom is -0.479 e. The van der Waals surface area contributed by atoms with Gasteiger partial charge in [-0.25, -0.2) is 9.59 Å². The van der Waals surface area contributed by atoms with Gasteiger partial charge in [0.25, 0.3) is 0 Å². The van der Waals surface area contributed by atoms with Crippen LogP contribution < -0.4 is 10.1 Å². The molecular weight excluding hydrogens is 390 g/mol. The first-order valence-corrected chi connectivity index (χ1v) is 10.1. The van der Waals surface area contributed by atoms with E-state index in [1.165, 1.54) is 11.3 Å². The summed E-state index contributed by atoms with van der Waals surface area (Å²) in [6, 6.07) is 6.38. The molecule has 142 valence electrons. The third-order valence-electron chi connectivity index (χ3n) is 4.39. The summed E-state index contributed by atoms with van der Waals surface area (Å²) in [5.41, 5.74) is 1.01. The van der Waals surface area contributed by atoms with E-state index in [0.717, 1.165) is 57.9 Å². The smallest absolute Gasteiger partial charge is 0.349 e. The second-order valence-electron chi connectivity index (χ2n) is 6.25. The summed E-state index contributed by atoms with van der Waals surface area (Å²) >= 11 is 2.54. The fraction of sp³-hybridized carbons (Fsp3) is 0.333. The minimum absolute atomic E-state index is 0.0313. The third-order valence-corrected chi connectivity index (χ3v) is 6.86. The molecular formula is C18H17NO6S2. The Hall–Kier alpha value is -2.36. The van der Waals surface area contributed by atoms with Gasteiger partial charge < -0.3 is 25.0 Å². The summed E-state index contributed by atoms with van der Waals surface area (Å²) in [7, 11) is 0. The number of anilines is 1. The standard InChI is InChI=1S/C18H17NO6S2/c20-13(21)8-25-14-16-15(27-17(14)18(22)23)11-2-1-10(7-12(11)26-16)19-9-3-5-24-6-4-9/h1-2,7,9,19H,3-6,8H2,(H,20,21)(H,22,23). The SMILES string of the molecule is O=C(O)COc1c(C(=O)O)sc2c1sc1cc(NC3CCOCC3)ccc12. The first-order valence-electron chi connectivity index (χ1n) is 8.44. The van der Waals surface area contributed by atoms with Crippen molar-refractivity contribution >= 4 is 59.8 Å². The molecule has 3 aromatic rings. The highest BCUT2D eigenvalue weighted by Crippen LogP contribution is 2.47. The molecule has 2 aromatic heterocycles. The van der Waals surface area contributed by atoms with Crippen LogP contribution in [0.25, 0.3) is 19.5 Å². The van der Waals surface area contributed by atoms with E-state index >= 15 is 0 Å². The highest BCUT2D eigenvalue weighted by molar-refractivity contribution is 7.34. The fourth-order valence-electron chi connectivity index (χ4n) is 3.15. The van der Waals surface area contributed by atoms with E-state index in [1.54, 1.807) is 0 Å². The third kappa shape index (κ3) is 3.58. The molecule has 0 atom stereocenters. The van der Waals surface area contributed by atoms with Crippen LogP contribution >= 0.6 is 22.7 Å². The molecule has 3 N–H and O–H groups in total. The Morgan fingerprint density at radius 1 is 1.19 bits per heavy atom. The van der Waals surface area contributed by atoms with E-state index in [-0.39, 0.29) is 10.6 Å². The molecule has 1 aliphatic heterocycles. The average molecular weight is 407 g/mol. The zero-order chi connectivity index (χ0) is 19.0. The van der Waals surface area contributed by atoms with Gasteiger partial charge in [0.2, 0.25) is 0 Å².